The van der Waals surface area contributed by atoms with E-state index >= 15 is 0 Å². The van der Waals surface area contributed by atoms with E-state index in [4.69, 9.17) is 14.5 Å². The van der Waals surface area contributed by atoms with Crippen LogP contribution >= 0.6 is 0 Å². The fourth-order valence-corrected chi connectivity index (χ4v) is 4.96. The van der Waals surface area contributed by atoms with Crippen LogP contribution in [0.15, 0.2) is 18.5 Å². The summed E-state index contributed by atoms with van der Waals surface area (Å²) in [6.45, 7) is 3.86. The number of rotatable bonds is 7. The molecule has 2 aromatic rings. The maximum atomic E-state index is 12.5. The Morgan fingerprint density at radius 3 is 2.59 bits per heavy atom. The van der Waals surface area contributed by atoms with Crippen LogP contribution in [0, 0.1) is 19.8 Å². The van der Waals surface area contributed by atoms with Crippen LogP contribution in [-0.2, 0) is 16.1 Å². The molecule has 2 aromatic heterocycles. The number of amides is 1. The van der Waals surface area contributed by atoms with Crippen molar-refractivity contribution in [3.63, 3.8) is 0 Å². The van der Waals surface area contributed by atoms with Gasteiger partial charge in [0, 0.05) is 13.1 Å². The Kier molecular flexibility index (Phi) is 7.38. The number of aromatic nitrogens is 3. The molecule has 0 radical (unpaired) electrons. The van der Waals surface area contributed by atoms with E-state index in [1.165, 1.54) is 0 Å². The third-order valence-electron chi connectivity index (χ3n) is 7.11. The molecule has 9 nitrogen and oxygen atoms in total. The highest BCUT2D eigenvalue weighted by molar-refractivity contribution is 5.70. The van der Waals surface area contributed by atoms with Crippen molar-refractivity contribution in [1.29, 1.82) is 0 Å². The first-order valence-corrected chi connectivity index (χ1v) is 12.1. The Balaban J connectivity index is 1.43. The van der Waals surface area contributed by atoms with E-state index in [2.05, 4.69) is 4.98 Å². The fraction of sp³-hybridized carbons (Fsp3) is 0.600. The molecular weight excluding hydrogens is 436 g/mol. The highest BCUT2D eigenvalue weighted by Crippen LogP contribution is 2.30. The van der Waals surface area contributed by atoms with Gasteiger partial charge in [0.05, 0.1) is 29.1 Å². The van der Waals surface area contributed by atoms with Gasteiger partial charge in [0.2, 0.25) is 0 Å². The first-order valence-electron chi connectivity index (χ1n) is 12.1. The summed E-state index contributed by atoms with van der Waals surface area (Å²) >= 11 is 0. The molecule has 0 bridgehead atoms. The van der Waals surface area contributed by atoms with Crippen LogP contribution in [0.3, 0.4) is 0 Å². The van der Waals surface area contributed by atoms with Crippen LogP contribution in [0.25, 0.3) is 5.82 Å². The van der Waals surface area contributed by atoms with E-state index in [9.17, 15) is 14.7 Å². The standard InChI is InChI=1S/C25H34N4O5/c1-16-21(14-33-25(32)28(3)19-8-4-5-9-19)29(15-26-16)23-12-11-22(17(2)27-23)34-20-10-6-7-18(13-20)24(30)31/h11-12,15,18-20H,4-10,13-14H2,1-3H3,(H,30,31)/t18-,20-/m0/s1. The molecule has 2 fully saturated rings. The monoisotopic (exact) mass is 470 g/mol. The van der Waals surface area contributed by atoms with Crippen molar-refractivity contribution in [2.45, 2.75) is 84.0 Å². The second kappa shape index (κ2) is 10.4. The summed E-state index contributed by atoms with van der Waals surface area (Å²) in [7, 11) is 1.80. The number of carboxylic acid groups (broad SMARTS) is 1. The average molecular weight is 471 g/mol. The lowest BCUT2D eigenvalue weighted by atomic mass is 9.87. The first kappa shape index (κ1) is 24.0. The van der Waals surface area contributed by atoms with Crippen LogP contribution in [0.5, 0.6) is 5.75 Å². The maximum absolute atomic E-state index is 12.5. The van der Waals surface area contributed by atoms with Crippen LogP contribution < -0.4 is 4.74 Å². The van der Waals surface area contributed by atoms with Crippen molar-refractivity contribution in [1.82, 2.24) is 19.4 Å². The topological polar surface area (TPSA) is 107 Å². The first-order chi connectivity index (χ1) is 16.3. The number of nitrogens with zero attached hydrogens (tertiary/aromatic N) is 4. The Morgan fingerprint density at radius 1 is 1.12 bits per heavy atom. The lowest BCUT2D eigenvalue weighted by molar-refractivity contribution is -0.143. The van der Waals surface area contributed by atoms with Gasteiger partial charge in [0.1, 0.15) is 24.5 Å². The van der Waals surface area contributed by atoms with Crippen LogP contribution in [0.4, 0.5) is 4.79 Å². The summed E-state index contributed by atoms with van der Waals surface area (Å²) in [5.41, 5.74) is 2.26. The van der Waals surface area contributed by atoms with Crippen molar-refractivity contribution >= 4 is 12.1 Å². The van der Waals surface area contributed by atoms with Gasteiger partial charge in [-0.1, -0.05) is 12.8 Å². The van der Waals surface area contributed by atoms with Gasteiger partial charge in [0.25, 0.3) is 0 Å². The maximum Gasteiger partial charge on any atom is 0.410 e. The molecule has 34 heavy (non-hydrogen) atoms. The molecule has 1 N–H and O–H groups in total. The van der Waals surface area contributed by atoms with Crippen LogP contribution in [0.1, 0.15) is 68.4 Å². The van der Waals surface area contributed by atoms with E-state index in [0.29, 0.717) is 30.1 Å². The van der Waals surface area contributed by atoms with Gasteiger partial charge in [-0.3, -0.25) is 9.36 Å². The summed E-state index contributed by atoms with van der Waals surface area (Å²) in [5.74, 6) is 0.213. The zero-order chi connectivity index (χ0) is 24.2. The summed E-state index contributed by atoms with van der Waals surface area (Å²) < 4.78 is 13.6. The molecule has 4 rings (SSSR count). The molecule has 9 heteroatoms. The van der Waals surface area contributed by atoms with Gasteiger partial charge in [-0.05, 0) is 64.5 Å². The van der Waals surface area contributed by atoms with Crippen molar-refractivity contribution in [3.8, 4) is 11.6 Å². The summed E-state index contributed by atoms with van der Waals surface area (Å²) in [6.07, 6.45) is 8.50. The third-order valence-corrected chi connectivity index (χ3v) is 7.11. The molecule has 0 aromatic carbocycles. The van der Waals surface area contributed by atoms with Crippen molar-refractivity contribution in [2.24, 2.45) is 5.92 Å². The Morgan fingerprint density at radius 2 is 1.88 bits per heavy atom. The van der Waals surface area contributed by atoms with Gasteiger partial charge >= 0.3 is 12.1 Å². The molecule has 0 unspecified atom stereocenters. The molecule has 184 valence electrons. The number of ether oxygens (including phenoxy) is 2. The number of hydrogen-bond acceptors (Lipinski definition) is 6. The van der Waals surface area contributed by atoms with Gasteiger partial charge in [-0.15, -0.1) is 0 Å². The number of pyridine rings is 1. The molecule has 2 atom stereocenters. The van der Waals surface area contributed by atoms with Gasteiger partial charge in [-0.2, -0.15) is 0 Å². The molecule has 1 amide bonds. The highest BCUT2D eigenvalue weighted by atomic mass is 16.6. The fourth-order valence-electron chi connectivity index (χ4n) is 4.96. The second-order valence-corrected chi connectivity index (χ2v) is 9.45. The molecule has 0 aliphatic heterocycles. The van der Waals surface area contributed by atoms with Crippen molar-refractivity contribution in [3.05, 3.63) is 35.5 Å². The zero-order valence-corrected chi connectivity index (χ0v) is 20.2. The lowest BCUT2D eigenvalue weighted by Gasteiger charge is -2.27. The van der Waals surface area contributed by atoms with Crippen molar-refractivity contribution < 1.29 is 24.2 Å². The third kappa shape index (κ3) is 5.34. The Labute approximate surface area is 200 Å². The van der Waals surface area contributed by atoms with Gasteiger partial charge in [0.15, 0.2) is 0 Å². The number of carboxylic acids is 1. The molecule has 2 saturated carbocycles. The number of carbonyl (C=O) groups is 2. The molecule has 2 aliphatic rings. The largest absolute Gasteiger partial charge is 0.489 e. The minimum absolute atomic E-state index is 0.110. The number of hydrogen-bond donors (Lipinski definition) is 1. The number of carbonyl (C=O) groups excluding carboxylic acids is 1. The molecule has 0 saturated heterocycles. The quantitative estimate of drug-likeness (QED) is 0.638. The van der Waals surface area contributed by atoms with Gasteiger partial charge < -0.3 is 19.5 Å². The van der Waals surface area contributed by atoms with Crippen molar-refractivity contribution in [2.75, 3.05) is 7.05 Å². The van der Waals surface area contributed by atoms with E-state index in [0.717, 1.165) is 49.9 Å². The predicted molar refractivity (Wildman–Crippen MR) is 125 cm³/mol. The van der Waals surface area contributed by atoms with E-state index in [1.807, 2.05) is 30.5 Å². The minimum atomic E-state index is -0.753. The van der Waals surface area contributed by atoms with Crippen LogP contribution in [0.2, 0.25) is 0 Å². The number of aliphatic carboxylic acids is 1. The number of aryl methyl sites for hydroxylation is 2. The van der Waals surface area contributed by atoms with Crippen LogP contribution in [-0.4, -0.2) is 55.8 Å². The molecule has 0 spiro atoms. The zero-order valence-electron chi connectivity index (χ0n) is 20.2. The van der Waals surface area contributed by atoms with E-state index < -0.39 is 5.97 Å². The summed E-state index contributed by atoms with van der Waals surface area (Å²) in [5, 5.41) is 9.32. The average Bonchev–Trinajstić information content (AvgIpc) is 3.48. The smallest absolute Gasteiger partial charge is 0.410 e. The molecular formula is C25H34N4O5. The van der Waals surface area contributed by atoms with E-state index in [-0.39, 0.29) is 30.8 Å². The second-order valence-electron chi connectivity index (χ2n) is 9.45. The Bertz CT molecular complexity index is 1030. The Hall–Kier alpha value is -3.10. The number of imidazole rings is 1. The molecule has 2 heterocycles. The minimum Gasteiger partial charge on any atom is -0.489 e. The predicted octanol–water partition coefficient (Wildman–Crippen LogP) is 4.42. The van der Waals surface area contributed by atoms with E-state index in [1.54, 1.807) is 18.3 Å². The lowest BCUT2D eigenvalue weighted by Crippen LogP contribution is -2.35. The SMILES string of the molecule is Cc1nc(-n2cnc(C)c2COC(=O)N(C)C2CCCC2)ccc1O[C@H]1CCC[C@H](C(=O)O)C1. The van der Waals surface area contributed by atoms with Gasteiger partial charge in [-0.25, -0.2) is 14.8 Å². The summed E-state index contributed by atoms with van der Waals surface area (Å²) in [6, 6.07) is 3.96. The molecule has 2 aliphatic carbocycles. The summed E-state index contributed by atoms with van der Waals surface area (Å²) in [4.78, 5) is 34.7. The normalized spacial score (nSPS) is 20.8. The highest BCUT2D eigenvalue weighted by Gasteiger charge is 2.29.